The zero-order valence-electron chi connectivity index (χ0n) is 24.3. The number of ketones is 1. The molecular weight excluding hydrogens is 563 g/mol. The summed E-state index contributed by atoms with van der Waals surface area (Å²) in [5.74, 6) is -0.857. The molecule has 0 spiro atoms. The number of ether oxygens (including phenoxy) is 1. The molecule has 0 bridgehead atoms. The van der Waals surface area contributed by atoms with Gasteiger partial charge in [-0.2, -0.15) is 5.26 Å². The Bertz CT molecular complexity index is 1790. The van der Waals surface area contributed by atoms with E-state index in [1.54, 1.807) is 50.4 Å². The smallest absolute Gasteiger partial charge is 0.277 e. The molecular formula is C33H31FN6O4. The van der Waals surface area contributed by atoms with E-state index in [4.69, 9.17) is 4.74 Å². The number of benzene rings is 3. The van der Waals surface area contributed by atoms with Gasteiger partial charge in [0.05, 0.1) is 43.6 Å². The van der Waals surface area contributed by atoms with E-state index >= 15 is 0 Å². The standard InChI is InChI=1S/C33H31FN6O4/c1-21(36-2)32(42)38-29-19-37-31(25-5-3-4-22(14-25)18-35)40(33(29)43)20-23-15-26(30(41)24-6-8-27(34)9-7-24)17-28(16-23)39-10-12-44-13-11-39/h3-9,14-17,19,21,36H,10-13,20H2,1-2H3,(H,38,42)/t21-/m0/s1. The van der Waals surface area contributed by atoms with Crippen LogP contribution in [0.25, 0.3) is 11.4 Å². The molecule has 2 N–H and O–H groups in total. The lowest BCUT2D eigenvalue weighted by molar-refractivity contribution is -0.117. The maximum absolute atomic E-state index is 13.9. The third-order valence-corrected chi connectivity index (χ3v) is 7.44. The number of morpholine rings is 1. The van der Waals surface area contributed by atoms with E-state index in [-0.39, 0.29) is 23.8 Å². The molecule has 1 aliphatic heterocycles. The predicted octanol–water partition coefficient (Wildman–Crippen LogP) is 3.58. The van der Waals surface area contributed by atoms with Gasteiger partial charge in [-0.05, 0) is 74.1 Å². The van der Waals surface area contributed by atoms with E-state index in [9.17, 15) is 24.0 Å². The van der Waals surface area contributed by atoms with Crippen LogP contribution < -0.4 is 21.1 Å². The first-order chi connectivity index (χ1) is 21.3. The zero-order valence-corrected chi connectivity index (χ0v) is 24.3. The van der Waals surface area contributed by atoms with Crippen LogP contribution in [0.2, 0.25) is 0 Å². The van der Waals surface area contributed by atoms with Gasteiger partial charge in [0.25, 0.3) is 5.56 Å². The number of amides is 1. The zero-order chi connectivity index (χ0) is 31.2. The number of nitrogens with one attached hydrogen (secondary N) is 2. The van der Waals surface area contributed by atoms with E-state index in [1.807, 2.05) is 6.07 Å². The summed E-state index contributed by atoms with van der Waals surface area (Å²) in [7, 11) is 1.64. The van der Waals surface area contributed by atoms with Gasteiger partial charge in [0.2, 0.25) is 5.91 Å². The summed E-state index contributed by atoms with van der Waals surface area (Å²) in [6, 6.07) is 19.0. The normalized spacial score (nSPS) is 13.6. The first-order valence-corrected chi connectivity index (χ1v) is 14.1. The van der Waals surface area contributed by atoms with Crippen molar-refractivity contribution in [3.05, 3.63) is 111 Å². The Labute approximate surface area is 253 Å². The number of nitrogens with zero attached hydrogens (tertiary/aromatic N) is 4. The maximum atomic E-state index is 13.9. The summed E-state index contributed by atoms with van der Waals surface area (Å²) >= 11 is 0. The van der Waals surface area contributed by atoms with E-state index in [2.05, 4.69) is 26.6 Å². The first kappa shape index (κ1) is 30.3. The summed E-state index contributed by atoms with van der Waals surface area (Å²) in [5, 5.41) is 15.0. The predicted molar refractivity (Wildman–Crippen MR) is 164 cm³/mol. The van der Waals surface area contributed by atoms with Crippen LogP contribution in [0.15, 0.2) is 77.7 Å². The van der Waals surface area contributed by atoms with E-state index in [0.717, 1.165) is 5.69 Å². The fourth-order valence-corrected chi connectivity index (χ4v) is 4.91. The second-order valence-corrected chi connectivity index (χ2v) is 10.4. The number of carbonyl (C=O) groups excluding carboxylic acids is 2. The molecule has 1 aromatic heterocycles. The molecule has 0 saturated carbocycles. The molecule has 0 aliphatic carbocycles. The van der Waals surface area contributed by atoms with Crippen molar-refractivity contribution in [3.8, 4) is 17.5 Å². The Kier molecular flexibility index (Phi) is 9.23. The van der Waals surface area contributed by atoms with E-state index in [1.165, 1.54) is 35.0 Å². The molecule has 10 nitrogen and oxygen atoms in total. The van der Waals surface area contributed by atoms with Gasteiger partial charge in [0.15, 0.2) is 5.78 Å². The number of hydrogen-bond donors (Lipinski definition) is 2. The van der Waals surface area contributed by atoms with Crippen LogP contribution in [0.4, 0.5) is 15.8 Å². The fourth-order valence-electron chi connectivity index (χ4n) is 4.91. The van der Waals surface area contributed by atoms with Crippen molar-refractivity contribution in [2.24, 2.45) is 0 Å². The van der Waals surface area contributed by atoms with Gasteiger partial charge in [-0.15, -0.1) is 0 Å². The summed E-state index contributed by atoms with van der Waals surface area (Å²) in [4.78, 5) is 46.8. The molecule has 0 unspecified atom stereocenters. The van der Waals surface area contributed by atoms with Crippen molar-refractivity contribution in [2.45, 2.75) is 19.5 Å². The van der Waals surface area contributed by atoms with Gasteiger partial charge in [-0.3, -0.25) is 19.0 Å². The van der Waals surface area contributed by atoms with Crippen molar-refractivity contribution < 1.29 is 18.7 Å². The lowest BCUT2D eigenvalue weighted by atomic mass is 9.99. The second kappa shape index (κ2) is 13.4. The molecule has 2 heterocycles. The van der Waals surface area contributed by atoms with Gasteiger partial charge in [0.1, 0.15) is 17.3 Å². The third-order valence-electron chi connectivity index (χ3n) is 7.44. The van der Waals surface area contributed by atoms with Gasteiger partial charge in [-0.1, -0.05) is 12.1 Å². The molecule has 1 amide bonds. The summed E-state index contributed by atoms with van der Waals surface area (Å²) in [5.41, 5.74) is 2.52. The number of carbonyl (C=O) groups is 2. The van der Waals surface area contributed by atoms with Crippen LogP contribution >= 0.6 is 0 Å². The summed E-state index contributed by atoms with van der Waals surface area (Å²) < 4.78 is 20.5. The quantitative estimate of drug-likeness (QED) is 0.282. The number of anilines is 2. The average molecular weight is 595 g/mol. The first-order valence-electron chi connectivity index (χ1n) is 14.1. The van der Waals surface area contributed by atoms with Crippen molar-refractivity contribution in [3.63, 3.8) is 0 Å². The average Bonchev–Trinajstić information content (AvgIpc) is 3.06. The lowest BCUT2D eigenvalue weighted by Gasteiger charge is -2.29. The van der Waals surface area contributed by atoms with Crippen LogP contribution in [-0.4, -0.2) is 60.6 Å². The topological polar surface area (TPSA) is 129 Å². The van der Waals surface area contributed by atoms with Crippen molar-refractivity contribution >= 4 is 23.1 Å². The van der Waals surface area contributed by atoms with Crippen LogP contribution in [0, 0.1) is 17.1 Å². The molecule has 11 heteroatoms. The minimum Gasteiger partial charge on any atom is -0.378 e. The molecule has 5 rings (SSSR count). The van der Waals surface area contributed by atoms with Crippen molar-refractivity contribution in [2.75, 3.05) is 43.6 Å². The Morgan fingerprint density at radius 2 is 1.82 bits per heavy atom. The molecule has 3 aromatic carbocycles. The van der Waals surface area contributed by atoms with Gasteiger partial charge in [0, 0.05) is 35.5 Å². The van der Waals surface area contributed by atoms with E-state index in [0.29, 0.717) is 54.1 Å². The van der Waals surface area contributed by atoms with Crippen LogP contribution in [0.1, 0.15) is 34.0 Å². The number of likely N-dealkylation sites (N-methyl/N-ethyl adjacent to an activating group) is 1. The molecule has 0 radical (unpaired) electrons. The van der Waals surface area contributed by atoms with Crippen LogP contribution in [0.3, 0.4) is 0 Å². The monoisotopic (exact) mass is 594 g/mol. The maximum Gasteiger partial charge on any atom is 0.277 e. The highest BCUT2D eigenvalue weighted by Gasteiger charge is 2.20. The third kappa shape index (κ3) is 6.72. The highest BCUT2D eigenvalue weighted by molar-refractivity contribution is 6.09. The Hall–Kier alpha value is -5.18. The number of nitriles is 1. The molecule has 1 saturated heterocycles. The molecule has 1 fully saturated rings. The Morgan fingerprint density at radius 1 is 1.07 bits per heavy atom. The number of hydrogen-bond acceptors (Lipinski definition) is 8. The summed E-state index contributed by atoms with van der Waals surface area (Å²) in [6.45, 7) is 3.96. The van der Waals surface area contributed by atoms with Crippen LogP contribution in [-0.2, 0) is 16.1 Å². The Morgan fingerprint density at radius 3 is 2.52 bits per heavy atom. The van der Waals surface area contributed by atoms with Crippen molar-refractivity contribution in [1.82, 2.24) is 14.9 Å². The largest absolute Gasteiger partial charge is 0.378 e. The SMILES string of the molecule is CN[C@@H](C)C(=O)Nc1cnc(-c2cccc(C#N)c2)n(Cc2cc(C(=O)c3ccc(F)cc3)cc(N3CCOCC3)c2)c1=O. The number of halogens is 1. The second-order valence-electron chi connectivity index (χ2n) is 10.4. The fraction of sp³-hybridized carbons (Fsp3) is 0.242. The van der Waals surface area contributed by atoms with Crippen molar-refractivity contribution in [1.29, 1.82) is 5.26 Å². The highest BCUT2D eigenvalue weighted by Crippen LogP contribution is 2.25. The molecule has 1 atom stereocenters. The number of rotatable bonds is 9. The Balaban J connectivity index is 1.63. The van der Waals surface area contributed by atoms with Gasteiger partial charge >= 0.3 is 0 Å². The lowest BCUT2D eigenvalue weighted by Crippen LogP contribution is -2.38. The van der Waals surface area contributed by atoms with Crippen LogP contribution in [0.5, 0.6) is 0 Å². The summed E-state index contributed by atoms with van der Waals surface area (Å²) in [6.07, 6.45) is 1.31. The van der Waals surface area contributed by atoms with Gasteiger partial charge < -0.3 is 20.3 Å². The van der Waals surface area contributed by atoms with E-state index < -0.39 is 23.3 Å². The molecule has 224 valence electrons. The molecule has 4 aromatic rings. The minimum absolute atomic E-state index is 0.00508. The minimum atomic E-state index is -0.555. The highest BCUT2D eigenvalue weighted by atomic mass is 19.1. The van der Waals surface area contributed by atoms with Gasteiger partial charge in [-0.25, -0.2) is 9.37 Å². The molecule has 1 aliphatic rings. The number of aromatic nitrogens is 2. The molecule has 44 heavy (non-hydrogen) atoms.